The normalized spacial score (nSPS) is 35.2. The topological polar surface area (TPSA) is 69.6 Å². The van der Waals surface area contributed by atoms with Crippen LogP contribution in [-0.2, 0) is 9.59 Å². The molecule has 2 aliphatic rings. The highest BCUT2D eigenvalue weighted by Gasteiger charge is 2.36. The van der Waals surface area contributed by atoms with E-state index in [2.05, 4.69) is 5.32 Å². The van der Waals surface area contributed by atoms with Gasteiger partial charge < -0.3 is 10.4 Å². The van der Waals surface area contributed by atoms with E-state index in [1.165, 1.54) is 11.0 Å². The molecule has 5 heteroatoms. The van der Waals surface area contributed by atoms with Crippen molar-refractivity contribution >= 4 is 11.8 Å². The Morgan fingerprint density at radius 2 is 2.40 bits per heavy atom. The lowest BCUT2D eigenvalue weighted by atomic mass is 10.1. The highest BCUT2D eigenvalue weighted by molar-refractivity contribution is 6.05. The molecule has 0 aromatic heterocycles. The zero-order valence-electron chi connectivity index (χ0n) is 8.51. The molecule has 0 aromatic carbocycles. The number of nitrogens with zero attached hydrogens (tertiary/aromatic N) is 1. The van der Waals surface area contributed by atoms with Gasteiger partial charge in [0.25, 0.3) is 5.91 Å². The van der Waals surface area contributed by atoms with Crippen LogP contribution in [0.4, 0.5) is 0 Å². The number of hydrogen-bond donors (Lipinski definition) is 2. The summed E-state index contributed by atoms with van der Waals surface area (Å²) in [7, 11) is 0. The van der Waals surface area contributed by atoms with Crippen molar-refractivity contribution in [1.82, 2.24) is 10.2 Å². The minimum absolute atomic E-state index is 0.176. The van der Waals surface area contributed by atoms with Crippen LogP contribution in [0.2, 0.25) is 0 Å². The molecule has 0 saturated carbocycles. The summed E-state index contributed by atoms with van der Waals surface area (Å²) >= 11 is 0. The molecule has 2 N–H and O–H groups in total. The standard InChI is InChI=1S/C10H14N2O3/c1-6-2-3-9(14)12(6)10(15)8-4-7(13)5-11-8/h2-3,6-8,11,13H,4-5H2,1H3/t6?,7-,8-/m0/s1. The first-order valence-electron chi connectivity index (χ1n) is 5.06. The number of aliphatic hydroxyl groups is 1. The number of nitrogens with one attached hydrogen (secondary N) is 1. The van der Waals surface area contributed by atoms with Crippen molar-refractivity contribution in [1.29, 1.82) is 0 Å². The molecule has 2 aliphatic heterocycles. The maximum atomic E-state index is 11.9. The van der Waals surface area contributed by atoms with Gasteiger partial charge in [-0.3, -0.25) is 14.5 Å². The third-order valence-corrected chi connectivity index (χ3v) is 2.81. The minimum atomic E-state index is -0.486. The predicted octanol–water partition coefficient (Wildman–Crippen LogP) is -0.977. The zero-order chi connectivity index (χ0) is 11.0. The molecule has 0 aromatic rings. The van der Waals surface area contributed by atoms with Crippen LogP contribution in [0.3, 0.4) is 0 Å². The Bertz CT molecular complexity index is 327. The summed E-state index contributed by atoms with van der Waals surface area (Å²) in [5.41, 5.74) is 0. The molecule has 82 valence electrons. The third-order valence-electron chi connectivity index (χ3n) is 2.81. The van der Waals surface area contributed by atoms with Crippen LogP contribution in [0.1, 0.15) is 13.3 Å². The van der Waals surface area contributed by atoms with Gasteiger partial charge >= 0.3 is 0 Å². The molecular weight excluding hydrogens is 196 g/mol. The Morgan fingerprint density at radius 1 is 1.67 bits per heavy atom. The first-order valence-corrected chi connectivity index (χ1v) is 5.06. The van der Waals surface area contributed by atoms with Crippen LogP contribution in [0.25, 0.3) is 0 Å². The molecule has 3 atom stereocenters. The molecule has 0 aliphatic carbocycles. The van der Waals surface area contributed by atoms with Crippen molar-refractivity contribution in [3.05, 3.63) is 12.2 Å². The van der Waals surface area contributed by atoms with Crippen LogP contribution >= 0.6 is 0 Å². The lowest BCUT2D eigenvalue weighted by Gasteiger charge is -2.22. The van der Waals surface area contributed by atoms with Gasteiger partial charge in [0.15, 0.2) is 0 Å². The van der Waals surface area contributed by atoms with Gasteiger partial charge in [-0.15, -0.1) is 0 Å². The minimum Gasteiger partial charge on any atom is -0.392 e. The number of imide groups is 1. The second-order valence-corrected chi connectivity index (χ2v) is 4.00. The smallest absolute Gasteiger partial charge is 0.253 e. The molecule has 5 nitrogen and oxygen atoms in total. The van der Waals surface area contributed by atoms with Crippen LogP contribution in [-0.4, -0.2) is 46.6 Å². The number of aliphatic hydroxyl groups excluding tert-OH is 1. The van der Waals surface area contributed by atoms with Crippen molar-refractivity contribution in [2.24, 2.45) is 0 Å². The van der Waals surface area contributed by atoms with Gasteiger partial charge in [0.2, 0.25) is 5.91 Å². The summed E-state index contributed by atoms with van der Waals surface area (Å²) in [5.74, 6) is -0.510. The van der Waals surface area contributed by atoms with Crippen molar-refractivity contribution < 1.29 is 14.7 Å². The van der Waals surface area contributed by atoms with Crippen LogP contribution < -0.4 is 5.32 Å². The largest absolute Gasteiger partial charge is 0.392 e. The molecular formula is C10H14N2O3. The third kappa shape index (κ3) is 1.80. The molecule has 15 heavy (non-hydrogen) atoms. The summed E-state index contributed by atoms with van der Waals surface area (Å²) in [6.45, 7) is 2.21. The van der Waals surface area contributed by atoms with Crippen molar-refractivity contribution in [2.45, 2.75) is 31.5 Å². The maximum absolute atomic E-state index is 11.9. The number of amides is 2. The molecule has 1 unspecified atom stereocenters. The molecule has 2 amide bonds. The van der Waals surface area contributed by atoms with Crippen LogP contribution in [0, 0.1) is 0 Å². The van der Waals surface area contributed by atoms with Crippen LogP contribution in [0.5, 0.6) is 0 Å². The van der Waals surface area contributed by atoms with Crippen molar-refractivity contribution in [2.75, 3.05) is 6.54 Å². The van der Waals surface area contributed by atoms with E-state index in [-0.39, 0.29) is 17.9 Å². The first-order chi connectivity index (χ1) is 7.09. The van der Waals surface area contributed by atoms with E-state index in [9.17, 15) is 14.7 Å². The molecule has 1 fully saturated rings. The average Bonchev–Trinajstić information content (AvgIpc) is 2.73. The summed E-state index contributed by atoms with van der Waals surface area (Å²) in [6.07, 6.45) is 3.01. The summed E-state index contributed by atoms with van der Waals surface area (Å²) in [6, 6.07) is -0.601. The molecule has 2 rings (SSSR count). The summed E-state index contributed by atoms with van der Waals surface area (Å²) in [4.78, 5) is 24.5. The van der Waals surface area contributed by atoms with Gasteiger partial charge in [0.1, 0.15) is 0 Å². The lowest BCUT2D eigenvalue weighted by molar-refractivity contribution is -0.143. The molecule has 0 bridgehead atoms. The summed E-state index contributed by atoms with van der Waals surface area (Å²) in [5, 5.41) is 12.2. The fourth-order valence-corrected chi connectivity index (χ4v) is 1.97. The van der Waals surface area contributed by atoms with E-state index in [0.717, 1.165) is 0 Å². The Kier molecular flexibility index (Phi) is 2.58. The predicted molar refractivity (Wildman–Crippen MR) is 52.9 cm³/mol. The number of rotatable bonds is 1. The fourth-order valence-electron chi connectivity index (χ4n) is 1.97. The van der Waals surface area contributed by atoms with Crippen LogP contribution in [0.15, 0.2) is 12.2 Å². The van der Waals surface area contributed by atoms with E-state index < -0.39 is 12.1 Å². The van der Waals surface area contributed by atoms with E-state index in [1.807, 2.05) is 0 Å². The maximum Gasteiger partial charge on any atom is 0.253 e. The fraction of sp³-hybridized carbons (Fsp3) is 0.600. The number of carbonyl (C=O) groups excluding carboxylic acids is 2. The van der Waals surface area contributed by atoms with Gasteiger partial charge in [-0.1, -0.05) is 6.08 Å². The van der Waals surface area contributed by atoms with Gasteiger partial charge in [0, 0.05) is 12.6 Å². The average molecular weight is 210 g/mol. The van der Waals surface area contributed by atoms with Gasteiger partial charge in [-0.25, -0.2) is 0 Å². The summed E-state index contributed by atoms with van der Waals surface area (Å²) < 4.78 is 0. The molecule has 2 heterocycles. The van der Waals surface area contributed by atoms with Gasteiger partial charge in [-0.2, -0.15) is 0 Å². The number of hydrogen-bond acceptors (Lipinski definition) is 4. The highest BCUT2D eigenvalue weighted by Crippen LogP contribution is 2.16. The molecule has 1 saturated heterocycles. The van der Waals surface area contributed by atoms with Gasteiger partial charge in [0.05, 0.1) is 18.2 Å². The van der Waals surface area contributed by atoms with Crippen molar-refractivity contribution in [3.63, 3.8) is 0 Å². The highest BCUT2D eigenvalue weighted by atomic mass is 16.3. The number of carbonyl (C=O) groups is 2. The number of β-amino-alcohol motifs (C(OH)–C–C–N with tert-alkyl or cyclic N) is 1. The monoisotopic (exact) mass is 210 g/mol. The quantitative estimate of drug-likeness (QED) is 0.546. The van der Waals surface area contributed by atoms with E-state index >= 15 is 0 Å². The Balaban J connectivity index is 2.05. The second-order valence-electron chi connectivity index (χ2n) is 4.00. The SMILES string of the molecule is CC1C=CC(=O)N1C(=O)[C@@H]1C[C@H](O)CN1. The zero-order valence-corrected chi connectivity index (χ0v) is 8.51. The molecule has 0 spiro atoms. The van der Waals surface area contributed by atoms with E-state index in [0.29, 0.717) is 13.0 Å². The Morgan fingerprint density at radius 3 is 2.87 bits per heavy atom. The van der Waals surface area contributed by atoms with E-state index in [1.54, 1.807) is 13.0 Å². The lowest BCUT2D eigenvalue weighted by Crippen LogP contribution is -2.47. The van der Waals surface area contributed by atoms with Gasteiger partial charge in [-0.05, 0) is 13.3 Å². The molecule has 0 radical (unpaired) electrons. The second kappa shape index (κ2) is 3.75. The first kappa shape index (κ1) is 10.3. The Hall–Kier alpha value is -1.20. The van der Waals surface area contributed by atoms with Crippen molar-refractivity contribution in [3.8, 4) is 0 Å². The van der Waals surface area contributed by atoms with E-state index in [4.69, 9.17) is 0 Å². The Labute approximate surface area is 87.7 Å².